The first-order valence-corrected chi connectivity index (χ1v) is 10.5. The van der Waals surface area contributed by atoms with Crippen molar-refractivity contribution < 1.29 is 12.8 Å². The Labute approximate surface area is 156 Å². The van der Waals surface area contributed by atoms with Gasteiger partial charge in [-0.25, -0.2) is 18.1 Å². The van der Waals surface area contributed by atoms with Gasteiger partial charge in [-0.15, -0.1) is 10.2 Å². The molecule has 0 amide bonds. The fraction of sp³-hybridized carbons (Fsp3) is 0.353. The minimum absolute atomic E-state index is 0.0696. The van der Waals surface area contributed by atoms with Crippen molar-refractivity contribution in [3.8, 4) is 0 Å². The van der Waals surface area contributed by atoms with Gasteiger partial charge in [-0.1, -0.05) is 6.08 Å². The zero-order chi connectivity index (χ0) is 18.9. The van der Waals surface area contributed by atoms with Crippen LogP contribution < -0.4 is 10.0 Å². The quantitative estimate of drug-likeness (QED) is 0.662. The highest BCUT2D eigenvalue weighted by molar-refractivity contribution is 7.88. The molecule has 0 bridgehead atoms. The van der Waals surface area contributed by atoms with E-state index in [-0.39, 0.29) is 6.04 Å². The van der Waals surface area contributed by atoms with Crippen molar-refractivity contribution in [3.63, 3.8) is 0 Å². The number of rotatable bonds is 6. The second kappa shape index (κ2) is 7.12. The van der Waals surface area contributed by atoms with Crippen LogP contribution in [0.3, 0.4) is 0 Å². The molecule has 3 aromatic heterocycles. The van der Waals surface area contributed by atoms with Gasteiger partial charge in [-0.05, 0) is 37.0 Å². The molecule has 0 radical (unpaired) electrons. The number of hydrogen-bond acceptors (Lipinski definition) is 7. The Morgan fingerprint density at radius 1 is 1.41 bits per heavy atom. The molecule has 4 rings (SSSR count). The van der Waals surface area contributed by atoms with E-state index < -0.39 is 10.0 Å². The monoisotopic (exact) mass is 388 g/mol. The number of hydrogen-bond donors (Lipinski definition) is 2. The lowest BCUT2D eigenvalue weighted by Crippen LogP contribution is -2.34. The third-order valence-electron chi connectivity index (χ3n) is 4.47. The summed E-state index contributed by atoms with van der Waals surface area (Å²) in [7, 11) is -3.20. The summed E-state index contributed by atoms with van der Waals surface area (Å²) in [4.78, 5) is 4.51. The van der Waals surface area contributed by atoms with Crippen LogP contribution in [0.4, 0.5) is 5.95 Å². The van der Waals surface area contributed by atoms with Crippen molar-refractivity contribution in [1.29, 1.82) is 0 Å². The molecule has 10 heteroatoms. The largest absolute Gasteiger partial charge is 0.467 e. The van der Waals surface area contributed by atoms with Gasteiger partial charge < -0.3 is 9.73 Å². The van der Waals surface area contributed by atoms with E-state index in [2.05, 4.69) is 25.2 Å². The maximum atomic E-state index is 11.4. The van der Waals surface area contributed by atoms with Crippen LogP contribution in [0.5, 0.6) is 0 Å². The van der Waals surface area contributed by atoms with Crippen molar-refractivity contribution in [3.05, 3.63) is 48.3 Å². The lowest BCUT2D eigenvalue weighted by molar-refractivity contribution is 0.517. The van der Waals surface area contributed by atoms with Crippen molar-refractivity contribution in [2.75, 3.05) is 11.6 Å². The molecular weight excluding hydrogens is 368 g/mol. The minimum atomic E-state index is -3.20. The fourth-order valence-electron chi connectivity index (χ4n) is 3.24. The van der Waals surface area contributed by atoms with Gasteiger partial charge >= 0.3 is 0 Å². The van der Waals surface area contributed by atoms with Gasteiger partial charge in [0.05, 0.1) is 19.1 Å². The van der Waals surface area contributed by atoms with Crippen molar-refractivity contribution >= 4 is 27.2 Å². The van der Waals surface area contributed by atoms with Crippen molar-refractivity contribution in [2.24, 2.45) is 0 Å². The third-order valence-corrected chi connectivity index (χ3v) is 5.23. The Morgan fingerprint density at radius 3 is 3.00 bits per heavy atom. The maximum Gasteiger partial charge on any atom is 0.210 e. The summed E-state index contributed by atoms with van der Waals surface area (Å²) in [6.07, 6.45) is 10.4. The first kappa shape index (κ1) is 17.7. The van der Waals surface area contributed by atoms with Gasteiger partial charge in [-0.3, -0.25) is 4.40 Å². The molecule has 0 saturated carbocycles. The van der Waals surface area contributed by atoms with E-state index in [0.717, 1.165) is 29.7 Å². The molecule has 9 nitrogen and oxygen atoms in total. The Bertz CT molecular complexity index is 1070. The zero-order valence-corrected chi connectivity index (χ0v) is 15.6. The molecule has 2 N–H and O–H groups in total. The van der Waals surface area contributed by atoms with Gasteiger partial charge in [0.1, 0.15) is 12.1 Å². The first-order chi connectivity index (χ1) is 13.0. The number of sulfonamides is 1. The second-order valence-electron chi connectivity index (χ2n) is 6.54. The lowest BCUT2D eigenvalue weighted by atomic mass is 9.92. The van der Waals surface area contributed by atoms with E-state index in [1.165, 1.54) is 6.26 Å². The topological polar surface area (TPSA) is 114 Å². The second-order valence-corrected chi connectivity index (χ2v) is 8.32. The molecule has 1 aliphatic carbocycles. The third kappa shape index (κ3) is 4.01. The van der Waals surface area contributed by atoms with Crippen LogP contribution in [-0.2, 0) is 16.6 Å². The molecule has 0 saturated heterocycles. The summed E-state index contributed by atoms with van der Waals surface area (Å²) in [5.41, 5.74) is 2.73. The van der Waals surface area contributed by atoms with Crippen molar-refractivity contribution in [2.45, 2.75) is 31.8 Å². The summed E-state index contributed by atoms with van der Waals surface area (Å²) in [5, 5.41) is 11.5. The van der Waals surface area contributed by atoms with E-state index >= 15 is 0 Å². The molecule has 3 heterocycles. The number of aromatic nitrogens is 4. The van der Waals surface area contributed by atoms with Crippen molar-refractivity contribution in [1.82, 2.24) is 24.3 Å². The van der Waals surface area contributed by atoms with E-state index in [1.807, 2.05) is 18.2 Å². The number of allylic oxidation sites excluding steroid dienone is 1. The van der Waals surface area contributed by atoms with Gasteiger partial charge in [0.2, 0.25) is 16.0 Å². The summed E-state index contributed by atoms with van der Waals surface area (Å²) in [5.74, 6) is 1.43. The van der Waals surface area contributed by atoms with Crippen LogP contribution in [0.2, 0.25) is 0 Å². The highest BCUT2D eigenvalue weighted by Crippen LogP contribution is 2.29. The molecule has 1 atom stereocenters. The smallest absolute Gasteiger partial charge is 0.210 e. The number of fused-ring (bicyclic) bond motifs is 1. The fourth-order valence-corrected chi connectivity index (χ4v) is 4.06. The highest BCUT2D eigenvalue weighted by Gasteiger charge is 2.21. The Hall–Kier alpha value is -2.72. The number of nitrogens with zero attached hydrogens (tertiary/aromatic N) is 4. The average molecular weight is 388 g/mol. The number of furan rings is 1. The number of nitrogens with one attached hydrogen (secondary N) is 2. The van der Waals surface area contributed by atoms with E-state index in [4.69, 9.17) is 4.42 Å². The molecule has 0 aliphatic heterocycles. The summed E-state index contributed by atoms with van der Waals surface area (Å²) >= 11 is 0. The Morgan fingerprint density at radius 2 is 2.30 bits per heavy atom. The normalized spacial score (nSPS) is 17.8. The van der Waals surface area contributed by atoms with Gasteiger partial charge in [-0.2, -0.15) is 0 Å². The summed E-state index contributed by atoms with van der Waals surface area (Å²) in [6, 6.07) is 3.65. The Kier molecular flexibility index (Phi) is 4.66. The molecule has 0 fully saturated rings. The molecule has 0 spiro atoms. The highest BCUT2D eigenvalue weighted by atomic mass is 32.2. The molecule has 0 aromatic carbocycles. The van der Waals surface area contributed by atoms with Gasteiger partial charge in [0.15, 0.2) is 5.65 Å². The molecular formula is C17H20N6O3S. The minimum Gasteiger partial charge on any atom is -0.467 e. The predicted octanol–water partition coefficient (Wildman–Crippen LogP) is 1.81. The molecule has 1 unspecified atom stereocenters. The van der Waals surface area contributed by atoms with Gasteiger partial charge in [0, 0.05) is 17.8 Å². The Balaban J connectivity index is 1.55. The summed E-state index contributed by atoms with van der Waals surface area (Å²) in [6.45, 7) is 0.508. The van der Waals surface area contributed by atoms with Crippen LogP contribution in [0, 0.1) is 0 Å². The van der Waals surface area contributed by atoms with E-state index in [1.54, 1.807) is 23.2 Å². The average Bonchev–Trinajstić information content (AvgIpc) is 3.31. The van der Waals surface area contributed by atoms with Crippen LogP contribution >= 0.6 is 0 Å². The molecule has 27 heavy (non-hydrogen) atoms. The summed E-state index contributed by atoms with van der Waals surface area (Å²) < 4.78 is 32.6. The van der Waals surface area contributed by atoms with Crippen LogP contribution in [0.25, 0.3) is 11.2 Å². The SMILES string of the molecule is CS(=O)(=O)NC1CC=C(c2cnc(NCc3ccco3)n3cnnc23)CC1. The molecule has 3 aromatic rings. The van der Waals surface area contributed by atoms with Crippen LogP contribution in [0.15, 0.2) is 41.4 Å². The van der Waals surface area contributed by atoms with E-state index in [9.17, 15) is 8.42 Å². The van der Waals surface area contributed by atoms with Gasteiger partial charge in [0.25, 0.3) is 0 Å². The van der Waals surface area contributed by atoms with E-state index in [0.29, 0.717) is 24.6 Å². The van der Waals surface area contributed by atoms with Crippen LogP contribution in [-0.4, -0.2) is 40.3 Å². The molecule has 1 aliphatic rings. The molecule has 142 valence electrons. The first-order valence-electron chi connectivity index (χ1n) is 8.61. The maximum absolute atomic E-state index is 11.4. The zero-order valence-electron chi connectivity index (χ0n) is 14.8. The number of anilines is 1. The lowest BCUT2D eigenvalue weighted by Gasteiger charge is -2.22. The predicted molar refractivity (Wildman–Crippen MR) is 100 cm³/mol. The standard InChI is InChI=1S/C17H20N6O3S/c1-27(24,25)22-13-6-4-12(5-7-13)15-10-19-17(23-11-20-21-16(15)23)18-9-14-3-2-8-26-14/h2-4,8,10-11,13,22H,5-7,9H2,1H3,(H,18,19). The van der Waals surface area contributed by atoms with Crippen LogP contribution in [0.1, 0.15) is 30.6 Å².